The molecule has 0 bridgehead atoms. The molecule has 1 heterocycles. The molecule has 3 nitrogen and oxygen atoms in total. The number of rotatable bonds is 4. The van der Waals surface area contributed by atoms with E-state index in [9.17, 15) is 4.79 Å². The van der Waals surface area contributed by atoms with Gasteiger partial charge in [0, 0.05) is 22.7 Å². The summed E-state index contributed by atoms with van der Waals surface area (Å²) in [5.74, 6) is 0.0215. The Labute approximate surface area is 94.7 Å². The Morgan fingerprint density at radius 2 is 2.27 bits per heavy atom. The molecule has 1 aromatic heterocycles. The van der Waals surface area contributed by atoms with Crippen molar-refractivity contribution in [2.24, 2.45) is 5.73 Å². The summed E-state index contributed by atoms with van der Waals surface area (Å²) in [6.07, 6.45) is 0.395. The molecule has 1 aromatic rings. The molecule has 84 valence electrons. The SMILES string of the molecule is Cc1cc(C(C)NC(=O)CCN)c(C)s1. The van der Waals surface area contributed by atoms with Crippen LogP contribution in [0.25, 0.3) is 0 Å². The van der Waals surface area contributed by atoms with Crippen molar-refractivity contribution in [2.75, 3.05) is 6.54 Å². The predicted octanol–water partition coefficient (Wildman–Crippen LogP) is 1.89. The summed E-state index contributed by atoms with van der Waals surface area (Å²) in [6.45, 7) is 6.57. The van der Waals surface area contributed by atoms with E-state index in [0.717, 1.165) is 0 Å². The fourth-order valence-corrected chi connectivity index (χ4v) is 2.63. The first kappa shape index (κ1) is 12.2. The van der Waals surface area contributed by atoms with Gasteiger partial charge in [-0.15, -0.1) is 11.3 Å². The molecule has 0 aliphatic carbocycles. The first-order valence-corrected chi connectivity index (χ1v) is 5.92. The number of thiophene rings is 1. The smallest absolute Gasteiger partial charge is 0.221 e. The molecule has 1 atom stereocenters. The van der Waals surface area contributed by atoms with Crippen LogP contribution >= 0.6 is 11.3 Å². The van der Waals surface area contributed by atoms with Gasteiger partial charge in [0.15, 0.2) is 0 Å². The lowest BCUT2D eigenvalue weighted by Crippen LogP contribution is -2.28. The molecule has 0 saturated heterocycles. The minimum Gasteiger partial charge on any atom is -0.350 e. The Kier molecular flexibility index (Phi) is 4.29. The lowest BCUT2D eigenvalue weighted by Gasteiger charge is -2.13. The summed E-state index contributed by atoms with van der Waals surface area (Å²) >= 11 is 1.76. The van der Waals surface area contributed by atoms with Gasteiger partial charge in [0.05, 0.1) is 6.04 Å². The van der Waals surface area contributed by atoms with Crippen molar-refractivity contribution in [3.63, 3.8) is 0 Å². The molecule has 1 amide bonds. The van der Waals surface area contributed by atoms with Crippen molar-refractivity contribution in [3.8, 4) is 0 Å². The van der Waals surface area contributed by atoms with E-state index in [4.69, 9.17) is 5.73 Å². The van der Waals surface area contributed by atoms with Crippen molar-refractivity contribution in [2.45, 2.75) is 33.2 Å². The fourth-order valence-electron chi connectivity index (χ4n) is 1.60. The molecule has 0 aromatic carbocycles. The third-order valence-corrected chi connectivity index (χ3v) is 3.28. The maximum atomic E-state index is 11.4. The van der Waals surface area contributed by atoms with Crippen molar-refractivity contribution >= 4 is 17.2 Å². The van der Waals surface area contributed by atoms with Crippen LogP contribution in [0.3, 0.4) is 0 Å². The Hall–Kier alpha value is -0.870. The van der Waals surface area contributed by atoms with Crippen molar-refractivity contribution in [1.82, 2.24) is 5.32 Å². The zero-order valence-electron chi connectivity index (χ0n) is 9.46. The van der Waals surface area contributed by atoms with Gasteiger partial charge < -0.3 is 11.1 Å². The molecule has 0 aliphatic heterocycles. The Balaban J connectivity index is 2.64. The average molecular weight is 226 g/mol. The Morgan fingerprint density at radius 1 is 1.60 bits per heavy atom. The second-order valence-corrected chi connectivity index (χ2v) is 5.16. The Morgan fingerprint density at radius 3 is 2.73 bits per heavy atom. The van der Waals surface area contributed by atoms with Crippen molar-refractivity contribution < 1.29 is 4.79 Å². The molecule has 0 spiro atoms. The summed E-state index contributed by atoms with van der Waals surface area (Å²) in [4.78, 5) is 13.9. The number of hydrogen-bond acceptors (Lipinski definition) is 3. The van der Waals surface area contributed by atoms with E-state index in [0.29, 0.717) is 13.0 Å². The van der Waals surface area contributed by atoms with E-state index >= 15 is 0 Å². The first-order valence-electron chi connectivity index (χ1n) is 5.11. The maximum Gasteiger partial charge on any atom is 0.221 e. The highest BCUT2D eigenvalue weighted by atomic mass is 32.1. The van der Waals surface area contributed by atoms with Crippen LogP contribution in [0, 0.1) is 13.8 Å². The van der Waals surface area contributed by atoms with E-state index in [1.54, 1.807) is 11.3 Å². The second kappa shape index (κ2) is 5.28. The van der Waals surface area contributed by atoms with E-state index in [-0.39, 0.29) is 11.9 Å². The maximum absolute atomic E-state index is 11.4. The van der Waals surface area contributed by atoms with E-state index in [2.05, 4.69) is 25.2 Å². The van der Waals surface area contributed by atoms with Gasteiger partial charge in [-0.3, -0.25) is 4.79 Å². The van der Waals surface area contributed by atoms with Gasteiger partial charge in [0.25, 0.3) is 0 Å². The fraction of sp³-hybridized carbons (Fsp3) is 0.545. The molecule has 3 N–H and O–H groups in total. The zero-order chi connectivity index (χ0) is 11.4. The number of carbonyl (C=O) groups excluding carboxylic acids is 1. The van der Waals surface area contributed by atoms with Gasteiger partial charge in [-0.25, -0.2) is 0 Å². The summed E-state index contributed by atoms with van der Waals surface area (Å²) in [5.41, 5.74) is 6.53. The molecule has 0 aliphatic rings. The largest absolute Gasteiger partial charge is 0.350 e. The van der Waals surface area contributed by atoms with E-state index < -0.39 is 0 Å². The quantitative estimate of drug-likeness (QED) is 0.823. The van der Waals surface area contributed by atoms with Gasteiger partial charge in [-0.2, -0.15) is 0 Å². The topological polar surface area (TPSA) is 55.1 Å². The van der Waals surface area contributed by atoms with Crippen molar-refractivity contribution in [3.05, 3.63) is 21.4 Å². The van der Waals surface area contributed by atoms with Crippen LogP contribution < -0.4 is 11.1 Å². The summed E-state index contributed by atoms with van der Waals surface area (Å²) in [6, 6.07) is 2.21. The molecule has 0 saturated carbocycles. The van der Waals surface area contributed by atoms with Gasteiger partial charge in [0.2, 0.25) is 5.91 Å². The molecule has 15 heavy (non-hydrogen) atoms. The van der Waals surface area contributed by atoms with Gasteiger partial charge in [-0.05, 0) is 32.4 Å². The molecular formula is C11H18N2OS. The number of carbonyl (C=O) groups is 1. The monoisotopic (exact) mass is 226 g/mol. The average Bonchev–Trinajstić information content (AvgIpc) is 2.45. The van der Waals surface area contributed by atoms with Crippen LogP contribution in [0.5, 0.6) is 0 Å². The van der Waals surface area contributed by atoms with Crippen molar-refractivity contribution in [1.29, 1.82) is 0 Å². The molecular weight excluding hydrogens is 208 g/mol. The molecule has 0 radical (unpaired) electrons. The zero-order valence-corrected chi connectivity index (χ0v) is 10.3. The third kappa shape index (κ3) is 3.32. The van der Waals surface area contributed by atoms with Gasteiger partial charge in [0.1, 0.15) is 0 Å². The van der Waals surface area contributed by atoms with Crippen LogP contribution in [0.1, 0.15) is 34.7 Å². The standard InChI is InChI=1S/C11H18N2OS/c1-7-6-10(9(3)15-7)8(2)13-11(14)4-5-12/h6,8H,4-5,12H2,1-3H3,(H,13,14). The number of aryl methyl sites for hydroxylation is 2. The highest BCUT2D eigenvalue weighted by molar-refractivity contribution is 7.12. The minimum absolute atomic E-state index is 0.0215. The first-order chi connectivity index (χ1) is 7.04. The predicted molar refractivity (Wildman–Crippen MR) is 64.0 cm³/mol. The highest BCUT2D eigenvalue weighted by Gasteiger charge is 2.12. The number of nitrogens with one attached hydrogen (secondary N) is 1. The summed E-state index contributed by atoms with van der Waals surface area (Å²) < 4.78 is 0. The van der Waals surface area contributed by atoms with Gasteiger partial charge >= 0.3 is 0 Å². The molecule has 1 rings (SSSR count). The lowest BCUT2D eigenvalue weighted by atomic mass is 10.1. The van der Waals surface area contributed by atoms with Gasteiger partial charge in [-0.1, -0.05) is 0 Å². The van der Waals surface area contributed by atoms with Crippen LogP contribution in [0.2, 0.25) is 0 Å². The highest BCUT2D eigenvalue weighted by Crippen LogP contribution is 2.25. The normalized spacial score (nSPS) is 12.5. The minimum atomic E-state index is 0.0215. The second-order valence-electron chi connectivity index (χ2n) is 3.70. The molecule has 4 heteroatoms. The van der Waals surface area contributed by atoms with Crippen LogP contribution in [-0.4, -0.2) is 12.5 Å². The van der Waals surface area contributed by atoms with Crippen LogP contribution in [0.15, 0.2) is 6.07 Å². The third-order valence-electron chi connectivity index (χ3n) is 2.29. The summed E-state index contributed by atoms with van der Waals surface area (Å²) in [7, 11) is 0. The van der Waals surface area contributed by atoms with Crippen LogP contribution in [0.4, 0.5) is 0 Å². The number of nitrogens with two attached hydrogens (primary N) is 1. The van der Waals surface area contributed by atoms with E-state index in [1.807, 2.05) is 6.92 Å². The molecule has 0 fully saturated rings. The van der Waals surface area contributed by atoms with Crippen LogP contribution in [-0.2, 0) is 4.79 Å². The lowest BCUT2D eigenvalue weighted by molar-refractivity contribution is -0.121. The van der Waals surface area contributed by atoms with E-state index in [1.165, 1.54) is 15.3 Å². The molecule has 1 unspecified atom stereocenters. The number of hydrogen-bond donors (Lipinski definition) is 2. The summed E-state index contributed by atoms with van der Waals surface area (Å²) in [5, 5.41) is 2.94. The number of amides is 1. The Bertz CT molecular complexity index is 346.